The second kappa shape index (κ2) is 9.21. The van der Waals surface area contributed by atoms with Gasteiger partial charge in [-0.1, -0.05) is 30.3 Å². The number of sulfonamides is 1. The zero-order valence-corrected chi connectivity index (χ0v) is 20.0. The van der Waals surface area contributed by atoms with Crippen molar-refractivity contribution in [3.63, 3.8) is 0 Å². The molecule has 7 nitrogen and oxygen atoms in total. The van der Waals surface area contributed by atoms with Gasteiger partial charge in [-0.3, -0.25) is 9.52 Å². The molecule has 0 aliphatic heterocycles. The quantitative estimate of drug-likeness (QED) is 0.404. The molecule has 4 rings (SSSR count). The molecule has 0 fully saturated rings. The molecule has 1 amide bonds. The Morgan fingerprint density at radius 2 is 1.79 bits per heavy atom. The number of anilines is 1. The average Bonchev–Trinajstić information content (AvgIpc) is 3.27. The van der Waals surface area contributed by atoms with E-state index in [1.807, 2.05) is 31.2 Å². The number of nitrogens with one attached hydrogen (secondary N) is 1. The molecule has 9 heteroatoms. The van der Waals surface area contributed by atoms with Gasteiger partial charge in [-0.15, -0.1) is 11.3 Å². The number of carbonyl (C=O) groups excluding carboxylic acids is 1. The molecule has 4 aromatic rings. The van der Waals surface area contributed by atoms with Gasteiger partial charge in [-0.25, -0.2) is 13.4 Å². The zero-order chi connectivity index (χ0) is 23.6. The van der Waals surface area contributed by atoms with E-state index in [1.54, 1.807) is 48.3 Å². The second-order valence-electron chi connectivity index (χ2n) is 7.45. The number of benzene rings is 3. The van der Waals surface area contributed by atoms with Gasteiger partial charge in [-0.05, 0) is 49.4 Å². The van der Waals surface area contributed by atoms with Crippen LogP contribution in [0.3, 0.4) is 0 Å². The molecule has 1 atom stereocenters. The molecule has 0 unspecified atom stereocenters. The Bertz CT molecular complexity index is 1380. The number of hydrogen-bond acceptors (Lipinski definition) is 6. The summed E-state index contributed by atoms with van der Waals surface area (Å²) in [6, 6.07) is 20.2. The van der Waals surface area contributed by atoms with Crippen LogP contribution in [0.5, 0.6) is 5.75 Å². The fourth-order valence-corrected chi connectivity index (χ4v) is 5.52. The van der Waals surface area contributed by atoms with Crippen molar-refractivity contribution in [2.45, 2.75) is 17.9 Å². The number of amides is 1. The summed E-state index contributed by atoms with van der Waals surface area (Å²) in [5, 5.41) is 0.814. The zero-order valence-electron chi connectivity index (χ0n) is 18.3. The molecule has 0 bridgehead atoms. The van der Waals surface area contributed by atoms with E-state index in [0.29, 0.717) is 11.4 Å². The van der Waals surface area contributed by atoms with Crippen LogP contribution >= 0.6 is 11.3 Å². The summed E-state index contributed by atoms with van der Waals surface area (Å²) in [7, 11) is -0.773. The van der Waals surface area contributed by atoms with Crippen molar-refractivity contribution in [1.29, 1.82) is 0 Å². The molecule has 0 aliphatic carbocycles. The number of hydrogen-bond donors (Lipinski definition) is 1. The van der Waals surface area contributed by atoms with Crippen molar-refractivity contribution in [2.75, 3.05) is 18.9 Å². The normalized spacial score (nSPS) is 12.3. The Balaban J connectivity index is 1.57. The monoisotopic (exact) mass is 481 g/mol. The summed E-state index contributed by atoms with van der Waals surface area (Å²) in [4.78, 5) is 19.4. The van der Waals surface area contributed by atoms with E-state index in [0.717, 1.165) is 15.2 Å². The number of fused-ring (bicyclic) bond motifs is 1. The highest BCUT2D eigenvalue weighted by molar-refractivity contribution is 7.92. The first-order chi connectivity index (χ1) is 15.8. The van der Waals surface area contributed by atoms with E-state index in [-0.39, 0.29) is 22.4 Å². The van der Waals surface area contributed by atoms with Gasteiger partial charge in [-0.2, -0.15) is 0 Å². The van der Waals surface area contributed by atoms with Crippen molar-refractivity contribution in [3.05, 3.63) is 83.4 Å². The van der Waals surface area contributed by atoms with Gasteiger partial charge in [0.05, 0.1) is 34.0 Å². The summed E-state index contributed by atoms with van der Waals surface area (Å²) in [6.07, 6.45) is 0. The molecule has 0 saturated heterocycles. The predicted molar refractivity (Wildman–Crippen MR) is 130 cm³/mol. The molecule has 33 heavy (non-hydrogen) atoms. The number of thiazole rings is 1. The topological polar surface area (TPSA) is 88.6 Å². The molecular formula is C24H23N3O4S2. The number of carbonyl (C=O) groups is 1. The Morgan fingerprint density at radius 3 is 2.55 bits per heavy atom. The minimum Gasteiger partial charge on any atom is -0.495 e. The molecular weight excluding hydrogens is 458 g/mol. The number of aromatic nitrogens is 1. The highest BCUT2D eigenvalue weighted by Crippen LogP contribution is 2.30. The van der Waals surface area contributed by atoms with Crippen LogP contribution in [0, 0.1) is 0 Å². The number of ether oxygens (including phenoxy) is 1. The third-order valence-corrected chi connectivity index (χ3v) is 7.88. The largest absolute Gasteiger partial charge is 0.495 e. The molecule has 1 aromatic heterocycles. The predicted octanol–water partition coefficient (Wildman–Crippen LogP) is 4.94. The Kier molecular flexibility index (Phi) is 6.35. The van der Waals surface area contributed by atoms with Gasteiger partial charge in [0, 0.05) is 12.6 Å². The van der Waals surface area contributed by atoms with Crippen molar-refractivity contribution in [2.24, 2.45) is 0 Å². The average molecular weight is 482 g/mol. The van der Waals surface area contributed by atoms with E-state index in [4.69, 9.17) is 4.74 Å². The van der Waals surface area contributed by atoms with Crippen LogP contribution in [0.25, 0.3) is 10.2 Å². The molecule has 1 N–H and O–H groups in total. The van der Waals surface area contributed by atoms with Crippen LogP contribution in [0.4, 0.5) is 5.69 Å². The van der Waals surface area contributed by atoms with Crippen LogP contribution in [-0.2, 0) is 10.0 Å². The van der Waals surface area contributed by atoms with Crippen molar-refractivity contribution < 1.29 is 17.9 Å². The summed E-state index contributed by atoms with van der Waals surface area (Å²) in [5.41, 5.74) is 1.48. The molecule has 1 heterocycles. The van der Waals surface area contributed by atoms with Crippen LogP contribution in [-0.4, -0.2) is 38.4 Å². The molecule has 3 aromatic carbocycles. The Labute approximate surface area is 196 Å². The first-order valence-electron chi connectivity index (χ1n) is 10.2. The Morgan fingerprint density at radius 1 is 1.06 bits per heavy atom. The van der Waals surface area contributed by atoms with Gasteiger partial charge in [0.25, 0.3) is 15.9 Å². The Hall–Kier alpha value is -3.43. The van der Waals surface area contributed by atoms with E-state index < -0.39 is 10.0 Å². The van der Waals surface area contributed by atoms with Gasteiger partial charge in [0.2, 0.25) is 0 Å². The lowest BCUT2D eigenvalue weighted by Gasteiger charge is -2.23. The lowest BCUT2D eigenvalue weighted by molar-refractivity contribution is 0.0742. The number of nitrogens with zero attached hydrogens (tertiary/aromatic N) is 2. The highest BCUT2D eigenvalue weighted by atomic mass is 32.2. The molecule has 170 valence electrons. The van der Waals surface area contributed by atoms with Gasteiger partial charge in [0.1, 0.15) is 10.8 Å². The SMILES string of the molecule is COc1ccccc1NS(=O)(=O)c1cccc(C(=O)N(C)[C@@H](C)c2nc3ccccc3s2)c1. The van der Waals surface area contributed by atoms with Crippen LogP contribution in [0.2, 0.25) is 0 Å². The maximum Gasteiger partial charge on any atom is 0.262 e. The van der Waals surface area contributed by atoms with Gasteiger partial charge in [0.15, 0.2) is 0 Å². The minimum atomic E-state index is -3.93. The van der Waals surface area contributed by atoms with Crippen LogP contribution in [0.15, 0.2) is 77.7 Å². The van der Waals surface area contributed by atoms with Crippen molar-refractivity contribution in [3.8, 4) is 5.75 Å². The highest BCUT2D eigenvalue weighted by Gasteiger charge is 2.24. The fourth-order valence-electron chi connectivity index (χ4n) is 3.34. The van der Waals surface area contributed by atoms with Crippen molar-refractivity contribution >= 4 is 43.2 Å². The van der Waals surface area contributed by atoms with Gasteiger partial charge >= 0.3 is 0 Å². The van der Waals surface area contributed by atoms with E-state index >= 15 is 0 Å². The standard InChI is InChI=1S/C24H23N3O4S2/c1-16(23-25-20-12-5-7-14-22(20)32-23)27(2)24(28)17-9-8-10-18(15-17)33(29,30)26-19-11-4-6-13-21(19)31-3/h4-16,26H,1-3H3/t16-/m0/s1. The minimum absolute atomic E-state index is 0.0136. The third kappa shape index (κ3) is 4.69. The van der Waals surface area contributed by atoms with E-state index in [9.17, 15) is 13.2 Å². The first kappa shape index (κ1) is 22.8. The second-order valence-corrected chi connectivity index (χ2v) is 10.2. The fraction of sp³-hybridized carbons (Fsp3) is 0.167. The molecule has 0 aliphatic rings. The summed E-state index contributed by atoms with van der Waals surface area (Å²) in [5.74, 6) is 0.105. The molecule has 0 saturated carbocycles. The number of para-hydroxylation sites is 3. The number of methoxy groups -OCH3 is 1. The summed E-state index contributed by atoms with van der Waals surface area (Å²) < 4.78 is 34.7. The van der Waals surface area contributed by atoms with Gasteiger partial charge < -0.3 is 9.64 Å². The molecule has 0 radical (unpaired) electrons. The molecule has 0 spiro atoms. The maximum absolute atomic E-state index is 13.2. The first-order valence-corrected chi connectivity index (χ1v) is 12.5. The van der Waals surface area contributed by atoms with Crippen LogP contribution < -0.4 is 9.46 Å². The van der Waals surface area contributed by atoms with E-state index in [2.05, 4.69) is 9.71 Å². The van der Waals surface area contributed by atoms with E-state index in [1.165, 1.54) is 30.6 Å². The lowest BCUT2D eigenvalue weighted by Crippen LogP contribution is -2.29. The number of rotatable bonds is 7. The lowest BCUT2D eigenvalue weighted by atomic mass is 10.2. The summed E-state index contributed by atoms with van der Waals surface area (Å²) in [6.45, 7) is 1.90. The smallest absolute Gasteiger partial charge is 0.262 e. The van der Waals surface area contributed by atoms with Crippen molar-refractivity contribution in [1.82, 2.24) is 9.88 Å². The maximum atomic E-state index is 13.2. The third-order valence-electron chi connectivity index (χ3n) is 5.31. The van der Waals surface area contributed by atoms with Crippen LogP contribution in [0.1, 0.15) is 28.3 Å². The summed E-state index contributed by atoms with van der Waals surface area (Å²) >= 11 is 1.54.